The summed E-state index contributed by atoms with van der Waals surface area (Å²) in [5, 5.41) is 16.6. The number of carboxylic acids is 1. The number of carbonyl (C=O) groups is 2. The Morgan fingerprint density at radius 1 is 1.21 bits per heavy atom. The van der Waals surface area contributed by atoms with Gasteiger partial charge in [-0.15, -0.1) is 0 Å². The van der Waals surface area contributed by atoms with Crippen molar-refractivity contribution >= 4 is 44.6 Å². The molecule has 0 spiro atoms. The number of fused-ring (bicyclic) bond motifs is 1. The average Bonchev–Trinajstić information content (AvgIpc) is 2.63. The number of rotatable bonds is 4. The molecule has 1 saturated carbocycles. The molecule has 1 aliphatic carbocycles. The van der Waals surface area contributed by atoms with Gasteiger partial charge in [0.05, 0.1) is 11.2 Å². The number of carbonyl (C=O) groups excluding carboxylic acids is 1. The molecule has 0 bridgehead atoms. The van der Waals surface area contributed by atoms with Crippen molar-refractivity contribution in [1.82, 2.24) is 15.3 Å². The lowest BCUT2D eigenvalue weighted by molar-refractivity contribution is 0.0491. The van der Waals surface area contributed by atoms with Gasteiger partial charge in [0, 0.05) is 23.7 Å². The number of anilines is 1. The molecular formula is C20H25BrN4O4. The SMILES string of the molecule is CC(C)(C)OC(=O)NC1CCC(Nc2c(C(=O)O)nc(Br)c3cccnc23)CC1. The lowest BCUT2D eigenvalue weighted by Gasteiger charge is -2.31. The van der Waals surface area contributed by atoms with Gasteiger partial charge in [-0.25, -0.2) is 14.6 Å². The van der Waals surface area contributed by atoms with Crippen LogP contribution in [0.4, 0.5) is 10.5 Å². The zero-order chi connectivity index (χ0) is 21.2. The standard InChI is InChI=1S/C20H25BrN4O4/c1-20(2,3)29-19(28)24-12-8-6-11(7-9-12)23-15-14-13(5-4-10-22-14)17(21)25-16(15)18(26)27/h4-5,10-12,23H,6-9H2,1-3H3,(H,24,28)(H,26,27). The average molecular weight is 465 g/mol. The number of nitrogens with one attached hydrogen (secondary N) is 2. The van der Waals surface area contributed by atoms with Crippen LogP contribution in [0.3, 0.4) is 0 Å². The van der Waals surface area contributed by atoms with Crippen molar-refractivity contribution in [3.8, 4) is 0 Å². The zero-order valence-corrected chi connectivity index (χ0v) is 18.2. The molecule has 2 aromatic heterocycles. The van der Waals surface area contributed by atoms with E-state index in [4.69, 9.17) is 4.74 Å². The summed E-state index contributed by atoms with van der Waals surface area (Å²) in [6.07, 6.45) is 4.33. The number of nitrogens with zero attached hydrogens (tertiary/aromatic N) is 2. The quantitative estimate of drug-likeness (QED) is 0.576. The van der Waals surface area contributed by atoms with Gasteiger partial charge in [-0.3, -0.25) is 4.98 Å². The maximum atomic E-state index is 12.0. The van der Waals surface area contributed by atoms with E-state index in [0.717, 1.165) is 31.1 Å². The largest absolute Gasteiger partial charge is 0.476 e. The highest BCUT2D eigenvalue weighted by Gasteiger charge is 2.27. The second kappa shape index (κ2) is 8.52. The maximum absolute atomic E-state index is 12.0. The van der Waals surface area contributed by atoms with Crippen molar-refractivity contribution in [2.45, 2.75) is 64.1 Å². The molecule has 1 aliphatic rings. The Morgan fingerprint density at radius 3 is 2.48 bits per heavy atom. The number of hydrogen-bond donors (Lipinski definition) is 3. The highest BCUT2D eigenvalue weighted by atomic mass is 79.9. The maximum Gasteiger partial charge on any atom is 0.407 e. The monoisotopic (exact) mass is 464 g/mol. The van der Waals surface area contributed by atoms with Gasteiger partial charge in [0.25, 0.3) is 0 Å². The van der Waals surface area contributed by atoms with Gasteiger partial charge >= 0.3 is 12.1 Å². The molecule has 0 aromatic carbocycles. The second-order valence-corrected chi connectivity index (χ2v) is 8.92. The summed E-state index contributed by atoms with van der Waals surface area (Å²) in [7, 11) is 0. The molecule has 3 rings (SSSR count). The first-order valence-corrected chi connectivity index (χ1v) is 10.4. The molecule has 0 aliphatic heterocycles. The first kappa shape index (κ1) is 21.3. The van der Waals surface area contributed by atoms with Crippen LogP contribution in [0.2, 0.25) is 0 Å². The molecule has 2 heterocycles. The van der Waals surface area contributed by atoms with Gasteiger partial charge in [-0.1, -0.05) is 0 Å². The van der Waals surface area contributed by atoms with E-state index in [1.165, 1.54) is 0 Å². The van der Waals surface area contributed by atoms with E-state index in [-0.39, 0.29) is 17.8 Å². The summed E-state index contributed by atoms with van der Waals surface area (Å²) in [5.74, 6) is -1.11. The molecule has 3 N–H and O–H groups in total. The fourth-order valence-corrected chi connectivity index (χ4v) is 3.95. The number of aromatic nitrogens is 2. The zero-order valence-electron chi connectivity index (χ0n) is 16.7. The molecule has 1 fully saturated rings. The number of hydrogen-bond acceptors (Lipinski definition) is 6. The summed E-state index contributed by atoms with van der Waals surface area (Å²) in [4.78, 5) is 32.3. The van der Waals surface area contributed by atoms with Gasteiger partial charge < -0.3 is 20.5 Å². The van der Waals surface area contributed by atoms with E-state index in [0.29, 0.717) is 15.8 Å². The number of amides is 1. The number of pyridine rings is 2. The van der Waals surface area contributed by atoms with Crippen molar-refractivity contribution < 1.29 is 19.4 Å². The molecule has 0 unspecified atom stereocenters. The number of carboxylic acid groups (broad SMARTS) is 1. The third-order valence-electron chi connectivity index (χ3n) is 4.71. The lowest BCUT2D eigenvalue weighted by atomic mass is 9.91. The van der Waals surface area contributed by atoms with Crippen molar-refractivity contribution in [2.24, 2.45) is 0 Å². The Balaban J connectivity index is 1.70. The summed E-state index contributed by atoms with van der Waals surface area (Å²) < 4.78 is 5.77. The molecule has 156 valence electrons. The van der Waals surface area contributed by atoms with Crippen LogP contribution in [0.15, 0.2) is 22.9 Å². The predicted molar refractivity (Wildman–Crippen MR) is 113 cm³/mol. The van der Waals surface area contributed by atoms with Gasteiger partial charge in [0.1, 0.15) is 10.2 Å². The van der Waals surface area contributed by atoms with E-state index >= 15 is 0 Å². The van der Waals surface area contributed by atoms with Gasteiger partial charge in [-0.05, 0) is 74.5 Å². The summed E-state index contributed by atoms with van der Waals surface area (Å²) in [5.41, 5.74) is 0.413. The van der Waals surface area contributed by atoms with Crippen LogP contribution in [0, 0.1) is 0 Å². The van der Waals surface area contributed by atoms with Crippen molar-refractivity contribution in [3.63, 3.8) is 0 Å². The minimum Gasteiger partial charge on any atom is -0.476 e. The Morgan fingerprint density at radius 2 is 1.86 bits per heavy atom. The van der Waals surface area contributed by atoms with Gasteiger partial charge in [-0.2, -0.15) is 0 Å². The number of alkyl carbamates (subject to hydrolysis) is 1. The van der Waals surface area contributed by atoms with E-state index in [1.807, 2.05) is 26.8 Å². The Hall–Kier alpha value is -2.42. The fraction of sp³-hybridized carbons (Fsp3) is 0.500. The Kier molecular flexibility index (Phi) is 6.26. The fourth-order valence-electron chi connectivity index (χ4n) is 3.45. The first-order chi connectivity index (χ1) is 13.6. The molecule has 8 nitrogen and oxygen atoms in total. The molecule has 0 radical (unpaired) electrons. The highest BCUT2D eigenvalue weighted by Crippen LogP contribution is 2.32. The van der Waals surface area contributed by atoms with Gasteiger partial charge in [0.15, 0.2) is 5.69 Å². The molecule has 9 heteroatoms. The predicted octanol–water partition coefficient (Wildman–Crippen LogP) is 4.34. The highest BCUT2D eigenvalue weighted by molar-refractivity contribution is 9.10. The van der Waals surface area contributed by atoms with Crippen LogP contribution in [0.25, 0.3) is 10.9 Å². The third kappa shape index (κ3) is 5.35. The lowest BCUT2D eigenvalue weighted by Crippen LogP contribution is -2.42. The topological polar surface area (TPSA) is 113 Å². The van der Waals surface area contributed by atoms with Crippen LogP contribution < -0.4 is 10.6 Å². The molecule has 1 amide bonds. The van der Waals surface area contributed by atoms with E-state index in [2.05, 4.69) is 36.5 Å². The number of aromatic carboxylic acids is 1. The van der Waals surface area contributed by atoms with Crippen molar-refractivity contribution in [3.05, 3.63) is 28.6 Å². The van der Waals surface area contributed by atoms with Gasteiger partial charge in [0.2, 0.25) is 0 Å². The smallest absolute Gasteiger partial charge is 0.407 e. The minimum atomic E-state index is -1.11. The normalized spacial score (nSPS) is 19.6. The van der Waals surface area contributed by atoms with Crippen molar-refractivity contribution in [1.29, 1.82) is 0 Å². The summed E-state index contributed by atoms with van der Waals surface area (Å²) in [6, 6.07) is 3.74. The Labute approximate surface area is 177 Å². The van der Waals surface area contributed by atoms with E-state index in [1.54, 1.807) is 12.3 Å². The van der Waals surface area contributed by atoms with Crippen LogP contribution in [0.1, 0.15) is 56.9 Å². The summed E-state index contributed by atoms with van der Waals surface area (Å²) in [6.45, 7) is 5.49. The second-order valence-electron chi connectivity index (χ2n) is 8.17. The summed E-state index contributed by atoms with van der Waals surface area (Å²) >= 11 is 3.33. The van der Waals surface area contributed by atoms with Crippen LogP contribution >= 0.6 is 15.9 Å². The number of halogens is 1. The van der Waals surface area contributed by atoms with E-state index < -0.39 is 17.7 Å². The van der Waals surface area contributed by atoms with E-state index in [9.17, 15) is 14.7 Å². The van der Waals surface area contributed by atoms with Crippen LogP contribution in [-0.2, 0) is 4.74 Å². The molecule has 0 saturated heterocycles. The van der Waals surface area contributed by atoms with Crippen molar-refractivity contribution in [2.75, 3.05) is 5.32 Å². The molecule has 2 aromatic rings. The third-order valence-corrected chi connectivity index (χ3v) is 5.32. The molecular weight excluding hydrogens is 440 g/mol. The minimum absolute atomic E-state index is 0.0414. The number of ether oxygens (including phenoxy) is 1. The molecule has 29 heavy (non-hydrogen) atoms. The first-order valence-electron chi connectivity index (χ1n) is 9.57. The van der Waals surface area contributed by atoms with Crippen LogP contribution in [0.5, 0.6) is 0 Å². The van der Waals surface area contributed by atoms with Crippen LogP contribution in [-0.4, -0.2) is 44.8 Å². The Bertz CT molecular complexity index is 921. The molecule has 0 atom stereocenters.